The van der Waals surface area contributed by atoms with Crippen LogP contribution >= 0.6 is 0 Å². The molecule has 1 aromatic rings. The van der Waals surface area contributed by atoms with Crippen molar-refractivity contribution < 1.29 is 27.6 Å². The summed E-state index contributed by atoms with van der Waals surface area (Å²) in [6, 6.07) is -0.256. The van der Waals surface area contributed by atoms with Crippen LogP contribution in [0.15, 0.2) is 12.3 Å². The van der Waals surface area contributed by atoms with E-state index < -0.39 is 34.2 Å². The van der Waals surface area contributed by atoms with Crippen LogP contribution in [0.4, 0.5) is 13.2 Å². The molecule has 4 N–H and O–H groups in total. The minimum atomic E-state index is -4.84. The van der Waals surface area contributed by atoms with Gasteiger partial charge in [0, 0.05) is 18.8 Å². The van der Waals surface area contributed by atoms with Crippen LogP contribution in [0.3, 0.4) is 0 Å². The standard InChI is InChI=1S/C23H28F3N5O3/c1-4-28-19(34)20(2,3)5-6-31-16(23(24,25)26)12(10-29-31)17(32)30-15-13-7-11-8-21(18(27)33)9-14(15)22(11,13)21/h5-6,10-11,13-15H,4,7-9H2,1-3H3,(H2,27,33)(H,28,34)(H,30,32)/b6-5+/t11?,13?,14?,15-,21+,22?/m1/s1. The fourth-order valence-electron chi connectivity index (χ4n) is 7.43. The second kappa shape index (κ2) is 6.85. The molecule has 0 saturated heterocycles. The Balaban J connectivity index is 1.35. The second-order valence-corrected chi connectivity index (χ2v) is 10.7. The first-order valence-electron chi connectivity index (χ1n) is 11.5. The largest absolute Gasteiger partial charge is 0.434 e. The average molecular weight is 480 g/mol. The first-order chi connectivity index (χ1) is 15.8. The van der Waals surface area contributed by atoms with Crippen molar-refractivity contribution in [3.63, 3.8) is 0 Å². The van der Waals surface area contributed by atoms with Crippen LogP contribution < -0.4 is 16.4 Å². The van der Waals surface area contributed by atoms with Gasteiger partial charge in [0.15, 0.2) is 5.69 Å². The zero-order valence-corrected chi connectivity index (χ0v) is 19.2. The number of alkyl halides is 3. The van der Waals surface area contributed by atoms with Gasteiger partial charge in [-0.3, -0.25) is 14.4 Å². The number of aromatic nitrogens is 2. The number of hydrogen-bond donors (Lipinski definition) is 3. The molecule has 11 heteroatoms. The SMILES string of the molecule is CCNC(=O)C(C)(C)/C=C/n1ncc(C(=O)N[C@@H]2C3CC4C[C@@]5(C(N)=O)CC2C435)c1C(F)(F)F. The second-order valence-electron chi connectivity index (χ2n) is 10.7. The number of carbonyl (C=O) groups excluding carboxylic acids is 3. The quantitative estimate of drug-likeness (QED) is 0.555. The number of halogens is 3. The van der Waals surface area contributed by atoms with E-state index in [0.717, 1.165) is 25.2 Å². The number of primary amides is 1. The summed E-state index contributed by atoms with van der Waals surface area (Å²) in [4.78, 5) is 37.1. The Bertz CT molecular complexity index is 1120. The van der Waals surface area contributed by atoms with Gasteiger partial charge in [-0.2, -0.15) is 18.3 Å². The third-order valence-corrected chi connectivity index (χ3v) is 8.93. The fourth-order valence-corrected chi connectivity index (χ4v) is 7.43. The van der Waals surface area contributed by atoms with Crippen LogP contribution in [0.5, 0.6) is 0 Å². The number of rotatable bonds is 7. The molecular weight excluding hydrogens is 451 g/mol. The van der Waals surface area contributed by atoms with Gasteiger partial charge in [-0.1, -0.05) is 6.08 Å². The van der Waals surface area contributed by atoms with E-state index in [4.69, 9.17) is 5.73 Å². The Hall–Kier alpha value is -2.85. The van der Waals surface area contributed by atoms with Crippen molar-refractivity contribution >= 4 is 23.9 Å². The van der Waals surface area contributed by atoms with Crippen LogP contribution in [0.25, 0.3) is 6.20 Å². The van der Waals surface area contributed by atoms with E-state index in [1.165, 1.54) is 6.08 Å². The molecule has 6 atom stereocenters. The highest BCUT2D eigenvalue weighted by Gasteiger charge is 2.92. The molecule has 1 spiro atoms. The maximum absolute atomic E-state index is 13.9. The van der Waals surface area contributed by atoms with Gasteiger partial charge in [-0.05, 0) is 63.2 Å². The highest BCUT2D eigenvalue weighted by Crippen LogP contribution is 2.92. The van der Waals surface area contributed by atoms with Crippen LogP contribution in [-0.2, 0) is 15.8 Å². The minimum Gasteiger partial charge on any atom is -0.369 e. The average Bonchev–Trinajstić information content (AvgIpc) is 3.12. The van der Waals surface area contributed by atoms with Crippen molar-refractivity contribution in [1.29, 1.82) is 0 Å². The van der Waals surface area contributed by atoms with Crippen LogP contribution in [0.2, 0.25) is 0 Å². The molecule has 8 nitrogen and oxygen atoms in total. The molecule has 4 aliphatic rings. The zero-order chi connectivity index (χ0) is 24.8. The van der Waals surface area contributed by atoms with Crippen molar-refractivity contribution in [3.05, 3.63) is 23.5 Å². The Morgan fingerprint density at radius 1 is 1.26 bits per heavy atom. The van der Waals surface area contributed by atoms with Crippen molar-refractivity contribution in [3.8, 4) is 0 Å². The molecule has 1 aromatic heterocycles. The first kappa shape index (κ1) is 22.9. The number of nitrogens with one attached hydrogen (secondary N) is 2. The lowest BCUT2D eigenvalue weighted by Gasteiger charge is -2.92. The predicted octanol–water partition coefficient (Wildman–Crippen LogP) is 2.16. The maximum Gasteiger partial charge on any atom is 0.434 e. The van der Waals surface area contributed by atoms with Crippen LogP contribution in [-0.4, -0.2) is 40.1 Å². The third-order valence-electron chi connectivity index (χ3n) is 8.93. The number of hydrogen-bond acceptors (Lipinski definition) is 4. The zero-order valence-electron chi connectivity index (χ0n) is 19.2. The fraction of sp³-hybridized carbons (Fsp3) is 0.652. The Labute approximate surface area is 194 Å². The molecule has 4 aliphatic carbocycles. The molecule has 3 amide bonds. The molecule has 5 rings (SSSR count). The van der Waals surface area contributed by atoms with Gasteiger partial charge in [0.05, 0.1) is 22.6 Å². The summed E-state index contributed by atoms with van der Waals surface area (Å²) in [5.74, 6) is -0.867. The van der Waals surface area contributed by atoms with E-state index in [-0.39, 0.29) is 35.1 Å². The molecule has 34 heavy (non-hydrogen) atoms. The van der Waals surface area contributed by atoms with Gasteiger partial charge >= 0.3 is 6.18 Å². The molecule has 0 radical (unpaired) electrons. The molecule has 0 aliphatic heterocycles. The van der Waals surface area contributed by atoms with E-state index in [9.17, 15) is 27.6 Å². The molecule has 0 aromatic carbocycles. The van der Waals surface area contributed by atoms with E-state index in [1.54, 1.807) is 20.8 Å². The molecule has 0 bridgehead atoms. The van der Waals surface area contributed by atoms with Gasteiger partial charge in [-0.25, -0.2) is 4.68 Å². The predicted molar refractivity (Wildman–Crippen MR) is 115 cm³/mol. The lowest BCUT2D eigenvalue weighted by atomic mass is 9.12. The van der Waals surface area contributed by atoms with Crippen molar-refractivity contribution in [2.75, 3.05) is 6.54 Å². The number of amides is 3. The number of nitrogens with zero attached hydrogens (tertiary/aromatic N) is 2. The van der Waals surface area contributed by atoms with Gasteiger partial charge in [0.2, 0.25) is 11.8 Å². The van der Waals surface area contributed by atoms with Gasteiger partial charge in [0.25, 0.3) is 5.91 Å². The molecule has 4 fully saturated rings. The van der Waals surface area contributed by atoms with E-state index in [2.05, 4.69) is 15.7 Å². The van der Waals surface area contributed by atoms with Gasteiger partial charge in [0.1, 0.15) is 0 Å². The summed E-state index contributed by atoms with van der Waals surface area (Å²) in [5, 5.41) is 9.19. The summed E-state index contributed by atoms with van der Waals surface area (Å²) in [7, 11) is 0. The maximum atomic E-state index is 13.9. The number of nitrogens with two attached hydrogens (primary N) is 1. The molecule has 1 heterocycles. The topological polar surface area (TPSA) is 119 Å². The van der Waals surface area contributed by atoms with E-state index >= 15 is 0 Å². The first-order valence-corrected chi connectivity index (χ1v) is 11.5. The number of carbonyl (C=O) groups is 3. The highest BCUT2D eigenvalue weighted by atomic mass is 19.4. The highest BCUT2D eigenvalue weighted by molar-refractivity contribution is 5.96. The normalized spacial score (nSPS) is 35.1. The smallest absolute Gasteiger partial charge is 0.369 e. The van der Waals surface area contributed by atoms with Gasteiger partial charge in [-0.15, -0.1) is 0 Å². The lowest BCUT2D eigenvalue weighted by molar-refractivity contribution is -0.423. The summed E-state index contributed by atoms with van der Waals surface area (Å²) < 4.78 is 42.4. The Kier molecular flexibility index (Phi) is 4.62. The lowest BCUT2D eigenvalue weighted by Crippen LogP contribution is -2.94. The summed E-state index contributed by atoms with van der Waals surface area (Å²) >= 11 is 0. The van der Waals surface area contributed by atoms with Crippen LogP contribution in [0.1, 0.15) is 56.1 Å². The minimum absolute atomic E-state index is 0.0867. The van der Waals surface area contributed by atoms with Crippen molar-refractivity contribution in [2.24, 2.45) is 39.7 Å². The van der Waals surface area contributed by atoms with Crippen molar-refractivity contribution in [1.82, 2.24) is 20.4 Å². The van der Waals surface area contributed by atoms with E-state index in [0.29, 0.717) is 23.6 Å². The molecule has 184 valence electrons. The third kappa shape index (κ3) is 2.61. The Morgan fingerprint density at radius 2 is 1.97 bits per heavy atom. The van der Waals surface area contributed by atoms with Crippen molar-refractivity contribution in [2.45, 2.75) is 52.3 Å². The summed E-state index contributed by atoms with van der Waals surface area (Å²) in [6.45, 7) is 5.28. The summed E-state index contributed by atoms with van der Waals surface area (Å²) in [5.41, 5.74) is 2.19. The monoisotopic (exact) mass is 479 g/mol. The summed E-state index contributed by atoms with van der Waals surface area (Å²) in [6.07, 6.45) is 0.684. The molecular formula is C23H28F3N5O3. The van der Waals surface area contributed by atoms with E-state index in [1.807, 2.05) is 0 Å². The van der Waals surface area contributed by atoms with Crippen LogP contribution in [0, 0.1) is 34.0 Å². The molecule has 4 saturated carbocycles. The molecule has 4 unspecified atom stereocenters. The van der Waals surface area contributed by atoms with Gasteiger partial charge < -0.3 is 16.4 Å². The Morgan fingerprint density at radius 3 is 2.53 bits per heavy atom.